The Balaban J connectivity index is 2.63. The highest BCUT2D eigenvalue weighted by Crippen LogP contribution is 2.38. The smallest absolute Gasteiger partial charge is 0.0367 e. The molecule has 0 saturated heterocycles. The van der Waals surface area contributed by atoms with E-state index in [4.69, 9.17) is 5.73 Å². The predicted molar refractivity (Wildman–Crippen MR) is 57.1 cm³/mol. The summed E-state index contributed by atoms with van der Waals surface area (Å²) in [6.07, 6.45) is 2.19. The van der Waals surface area contributed by atoms with Crippen LogP contribution in [0.3, 0.4) is 0 Å². The van der Waals surface area contributed by atoms with Crippen molar-refractivity contribution in [3.63, 3.8) is 0 Å². The summed E-state index contributed by atoms with van der Waals surface area (Å²) >= 11 is 7.02. The van der Waals surface area contributed by atoms with Crippen molar-refractivity contribution in [2.24, 2.45) is 5.73 Å². The van der Waals surface area contributed by atoms with Crippen LogP contribution in [0.25, 0.3) is 0 Å². The highest BCUT2D eigenvalue weighted by Gasteiger charge is 2.22. The first kappa shape index (κ1) is 8.73. The van der Waals surface area contributed by atoms with Gasteiger partial charge in [-0.2, -0.15) is 0 Å². The molecule has 0 bridgehead atoms. The number of hydrogen-bond acceptors (Lipinski definition) is 1. The van der Waals surface area contributed by atoms with Crippen molar-refractivity contribution in [3.8, 4) is 0 Å². The average molecular weight is 291 g/mol. The Kier molecular flexibility index (Phi) is 2.27. The third-order valence-electron chi connectivity index (χ3n) is 2.32. The molecule has 0 heterocycles. The van der Waals surface area contributed by atoms with Crippen molar-refractivity contribution in [1.29, 1.82) is 0 Å². The van der Waals surface area contributed by atoms with Crippen molar-refractivity contribution < 1.29 is 0 Å². The van der Waals surface area contributed by atoms with Gasteiger partial charge in [-0.05, 0) is 61.9 Å². The molecule has 1 aromatic rings. The molecule has 1 aliphatic rings. The Morgan fingerprint density at radius 3 is 2.83 bits per heavy atom. The fourth-order valence-corrected chi connectivity index (χ4v) is 2.71. The molecule has 0 spiro atoms. The molecule has 1 atom stereocenters. The summed E-state index contributed by atoms with van der Waals surface area (Å²) in [6, 6.07) is 4.43. The fourth-order valence-electron chi connectivity index (χ4n) is 1.68. The second-order valence-electron chi connectivity index (χ2n) is 3.08. The number of aryl methyl sites for hydroxylation is 1. The van der Waals surface area contributed by atoms with E-state index in [-0.39, 0.29) is 6.04 Å². The Morgan fingerprint density at radius 2 is 2.08 bits per heavy atom. The van der Waals surface area contributed by atoms with E-state index >= 15 is 0 Å². The molecule has 64 valence electrons. The predicted octanol–water partition coefficient (Wildman–Crippen LogP) is 3.16. The van der Waals surface area contributed by atoms with Gasteiger partial charge in [0, 0.05) is 15.0 Å². The molecule has 0 fully saturated rings. The second-order valence-corrected chi connectivity index (χ2v) is 4.73. The normalized spacial score (nSPS) is 21.1. The summed E-state index contributed by atoms with van der Waals surface area (Å²) in [4.78, 5) is 0. The quantitative estimate of drug-likeness (QED) is 0.780. The molecule has 0 radical (unpaired) electrons. The van der Waals surface area contributed by atoms with Gasteiger partial charge in [-0.1, -0.05) is 6.07 Å². The van der Waals surface area contributed by atoms with Gasteiger partial charge in [0.15, 0.2) is 0 Å². The van der Waals surface area contributed by atoms with Gasteiger partial charge in [-0.3, -0.25) is 0 Å². The number of hydrogen-bond donors (Lipinski definition) is 1. The molecule has 1 aromatic carbocycles. The Morgan fingerprint density at radius 1 is 1.33 bits per heavy atom. The maximum Gasteiger partial charge on any atom is 0.0367 e. The SMILES string of the molecule is NC1CCc2ccc(Br)c(Br)c21. The van der Waals surface area contributed by atoms with Gasteiger partial charge in [-0.25, -0.2) is 0 Å². The standard InChI is InChI=1S/C9H9Br2N/c10-6-3-1-5-2-4-7(12)8(5)9(6)11/h1,3,7H,2,4,12H2. The first-order valence-electron chi connectivity index (χ1n) is 3.92. The number of fused-ring (bicyclic) bond motifs is 1. The van der Waals surface area contributed by atoms with Crippen LogP contribution in [0.4, 0.5) is 0 Å². The molecule has 1 aliphatic carbocycles. The number of benzene rings is 1. The molecule has 0 aliphatic heterocycles. The van der Waals surface area contributed by atoms with E-state index in [1.807, 2.05) is 0 Å². The molecule has 1 nitrogen and oxygen atoms in total. The first-order chi connectivity index (χ1) is 5.70. The summed E-state index contributed by atoms with van der Waals surface area (Å²) in [5.41, 5.74) is 8.63. The van der Waals surface area contributed by atoms with Crippen LogP contribution in [0, 0.1) is 0 Å². The Hall–Kier alpha value is 0.140. The van der Waals surface area contributed by atoms with Gasteiger partial charge < -0.3 is 5.73 Å². The monoisotopic (exact) mass is 289 g/mol. The molecule has 0 aromatic heterocycles. The maximum atomic E-state index is 5.97. The summed E-state index contributed by atoms with van der Waals surface area (Å²) < 4.78 is 2.23. The second kappa shape index (κ2) is 3.13. The Labute approximate surface area is 88.6 Å². The van der Waals surface area contributed by atoms with Crippen LogP contribution in [0.5, 0.6) is 0 Å². The summed E-state index contributed by atoms with van der Waals surface area (Å²) in [5.74, 6) is 0. The van der Waals surface area contributed by atoms with Gasteiger partial charge in [0.05, 0.1) is 0 Å². The highest BCUT2D eigenvalue weighted by molar-refractivity contribution is 9.13. The van der Waals surface area contributed by atoms with Crippen LogP contribution in [0.1, 0.15) is 23.6 Å². The zero-order chi connectivity index (χ0) is 8.72. The van der Waals surface area contributed by atoms with E-state index in [1.54, 1.807) is 0 Å². The highest BCUT2D eigenvalue weighted by atomic mass is 79.9. The van der Waals surface area contributed by atoms with Gasteiger partial charge in [0.1, 0.15) is 0 Å². The van der Waals surface area contributed by atoms with E-state index < -0.39 is 0 Å². The Bertz CT molecular complexity index is 323. The minimum Gasteiger partial charge on any atom is -0.324 e. The zero-order valence-electron chi connectivity index (χ0n) is 6.48. The van der Waals surface area contributed by atoms with Crippen molar-refractivity contribution >= 4 is 31.9 Å². The minimum atomic E-state index is 0.215. The summed E-state index contributed by atoms with van der Waals surface area (Å²) in [6.45, 7) is 0. The third kappa shape index (κ3) is 1.24. The first-order valence-corrected chi connectivity index (χ1v) is 5.51. The fraction of sp³-hybridized carbons (Fsp3) is 0.333. The van der Waals surface area contributed by atoms with Crippen molar-refractivity contribution in [1.82, 2.24) is 0 Å². The molecule has 3 heteroatoms. The van der Waals surface area contributed by atoms with Crippen LogP contribution in [-0.2, 0) is 6.42 Å². The lowest BCUT2D eigenvalue weighted by atomic mass is 10.1. The lowest BCUT2D eigenvalue weighted by Crippen LogP contribution is -2.06. The summed E-state index contributed by atoms with van der Waals surface area (Å²) in [7, 11) is 0. The molecule has 0 amide bonds. The number of nitrogens with two attached hydrogens (primary N) is 1. The van der Waals surface area contributed by atoms with Crippen LogP contribution in [0.15, 0.2) is 21.1 Å². The molecular weight excluding hydrogens is 282 g/mol. The van der Waals surface area contributed by atoms with Gasteiger partial charge in [0.25, 0.3) is 0 Å². The molecule has 2 N–H and O–H groups in total. The molecule has 0 saturated carbocycles. The molecule has 1 unspecified atom stereocenters. The van der Waals surface area contributed by atoms with Gasteiger partial charge in [-0.15, -0.1) is 0 Å². The zero-order valence-corrected chi connectivity index (χ0v) is 9.65. The van der Waals surface area contributed by atoms with Crippen LogP contribution < -0.4 is 5.73 Å². The van der Waals surface area contributed by atoms with E-state index in [1.165, 1.54) is 11.1 Å². The number of rotatable bonds is 0. The van der Waals surface area contributed by atoms with Crippen LogP contribution in [0.2, 0.25) is 0 Å². The average Bonchev–Trinajstić information content (AvgIpc) is 2.41. The number of halogens is 2. The summed E-state index contributed by atoms with van der Waals surface area (Å²) in [5, 5.41) is 0. The maximum absolute atomic E-state index is 5.97. The molecule has 2 rings (SSSR count). The van der Waals surface area contributed by atoms with Gasteiger partial charge in [0.2, 0.25) is 0 Å². The van der Waals surface area contributed by atoms with Gasteiger partial charge >= 0.3 is 0 Å². The van der Waals surface area contributed by atoms with Crippen LogP contribution in [-0.4, -0.2) is 0 Å². The largest absolute Gasteiger partial charge is 0.324 e. The topological polar surface area (TPSA) is 26.0 Å². The third-order valence-corrected chi connectivity index (χ3v) is 4.37. The minimum absolute atomic E-state index is 0.215. The lowest BCUT2D eigenvalue weighted by molar-refractivity contribution is 0.711. The lowest BCUT2D eigenvalue weighted by Gasteiger charge is -2.08. The van der Waals surface area contributed by atoms with E-state index in [0.717, 1.165) is 21.8 Å². The van der Waals surface area contributed by atoms with E-state index in [2.05, 4.69) is 44.0 Å². The van der Waals surface area contributed by atoms with E-state index in [9.17, 15) is 0 Å². The van der Waals surface area contributed by atoms with E-state index in [0.29, 0.717) is 0 Å². The molecule has 12 heavy (non-hydrogen) atoms. The van der Waals surface area contributed by atoms with Crippen molar-refractivity contribution in [2.75, 3.05) is 0 Å². The van der Waals surface area contributed by atoms with Crippen molar-refractivity contribution in [3.05, 3.63) is 32.2 Å². The molecular formula is C9H9Br2N. The van der Waals surface area contributed by atoms with Crippen molar-refractivity contribution in [2.45, 2.75) is 18.9 Å². The van der Waals surface area contributed by atoms with Crippen LogP contribution >= 0.6 is 31.9 Å².